The number of urea groups is 1. The van der Waals surface area contributed by atoms with E-state index < -0.39 is 43.8 Å². The molecule has 2 N–H and O–H groups in total. The van der Waals surface area contributed by atoms with Gasteiger partial charge in [0.15, 0.2) is 10.9 Å². The monoisotopic (exact) mass is 944 g/mol. The number of carbonyl (C=O) groups is 4. The number of imide groups is 1. The first kappa shape index (κ1) is 47.8. The number of benzene rings is 2. The molecule has 0 unspecified atom stereocenters. The normalized spacial score (nSPS) is 24.7. The van der Waals surface area contributed by atoms with Crippen molar-refractivity contribution in [3.63, 3.8) is 0 Å². The van der Waals surface area contributed by atoms with Gasteiger partial charge in [-0.3, -0.25) is 44.0 Å². The van der Waals surface area contributed by atoms with E-state index in [0.717, 1.165) is 11.0 Å². The summed E-state index contributed by atoms with van der Waals surface area (Å²) in [6.45, 7) is 10.3. The van der Waals surface area contributed by atoms with Crippen molar-refractivity contribution in [1.82, 2.24) is 29.8 Å². The Labute approximate surface area is 372 Å². The molecule has 3 aliphatic heterocycles. The van der Waals surface area contributed by atoms with Gasteiger partial charge in [-0.05, 0) is 95.9 Å². The predicted octanol–water partition coefficient (Wildman–Crippen LogP) is 7.04. The Hall–Kier alpha value is -4.66. The van der Waals surface area contributed by atoms with Gasteiger partial charge in [-0.15, -0.1) is 12.4 Å². The second-order valence-electron chi connectivity index (χ2n) is 17.0. The van der Waals surface area contributed by atoms with Gasteiger partial charge < -0.3 is 15.0 Å². The number of aromatic nitrogens is 2. The molecule has 2 atom stereocenters. The van der Waals surface area contributed by atoms with E-state index in [1.54, 1.807) is 42.6 Å². The molecular formula is C40H50ClF5N10O5S2. The van der Waals surface area contributed by atoms with E-state index >= 15 is 0 Å². The van der Waals surface area contributed by atoms with Crippen LogP contribution in [0.15, 0.2) is 41.3 Å². The zero-order chi connectivity index (χ0) is 45.2. The first-order valence-corrected chi connectivity index (χ1v) is 22.7. The summed E-state index contributed by atoms with van der Waals surface area (Å²) >= 11 is 5.63. The molecule has 4 aliphatic rings. The highest BCUT2D eigenvalue weighted by Crippen LogP contribution is 3.02. The van der Waals surface area contributed by atoms with Crippen molar-refractivity contribution >= 4 is 91.8 Å². The number of rotatable bonds is 11. The van der Waals surface area contributed by atoms with E-state index in [0.29, 0.717) is 80.4 Å². The molecule has 1 aliphatic carbocycles. The summed E-state index contributed by atoms with van der Waals surface area (Å²) in [4.78, 5) is 57.4. The minimum atomic E-state index is -10.3. The molecule has 1 saturated carbocycles. The van der Waals surface area contributed by atoms with Crippen LogP contribution in [0.1, 0.15) is 65.4 Å². The molecule has 7 rings (SSSR count). The van der Waals surface area contributed by atoms with Crippen molar-refractivity contribution in [3.05, 3.63) is 42.0 Å². The number of fused-ring (bicyclic) bond motifs is 1. The fourth-order valence-electron chi connectivity index (χ4n) is 9.23. The third-order valence-corrected chi connectivity index (χ3v) is 13.7. The SMILES string of the molecule is C[C@@H]1CN(CCOC2CCC(N3C(=S)N(c4ccc(C#N)c(S(F)(F)(F)(F)F)c4)C(=O)C3(C)C)CC2)C[C@H](C)N1CC(=O)Nc1cccc2c(N3CCC(=O)NC3=O)nn(C)c12.Cl. The number of halogens is 6. The Balaban J connectivity index is 0.00000661. The summed E-state index contributed by atoms with van der Waals surface area (Å²) in [5.41, 5.74) is -1.80. The van der Waals surface area contributed by atoms with Gasteiger partial charge in [0.1, 0.15) is 16.5 Å². The Kier molecular flexibility index (Phi) is 12.7. The number of nitriles is 1. The lowest BCUT2D eigenvalue weighted by molar-refractivity contribution is -0.124. The second kappa shape index (κ2) is 16.7. The van der Waals surface area contributed by atoms with Gasteiger partial charge in [-0.2, -0.15) is 10.4 Å². The highest BCUT2D eigenvalue weighted by atomic mass is 35.5. The number of carbonyl (C=O) groups excluding carboxylic acids is 4. The molecule has 3 aromatic rings. The van der Waals surface area contributed by atoms with Crippen molar-refractivity contribution in [1.29, 1.82) is 5.26 Å². The topological polar surface area (TPSA) is 159 Å². The maximum Gasteiger partial charge on any atom is 0.329 e. The largest absolute Gasteiger partial charge is 0.377 e. The van der Waals surface area contributed by atoms with E-state index in [1.807, 2.05) is 6.07 Å². The Morgan fingerprint density at radius 1 is 1.05 bits per heavy atom. The molecule has 4 heterocycles. The second-order valence-corrected chi connectivity index (χ2v) is 19.7. The van der Waals surface area contributed by atoms with Crippen LogP contribution < -0.4 is 20.4 Å². The molecule has 5 amide bonds. The molecule has 23 heteroatoms. The number of amides is 5. The van der Waals surface area contributed by atoms with E-state index in [1.165, 1.54) is 11.0 Å². The fraction of sp³-hybridized carbons (Fsp3) is 0.525. The van der Waals surface area contributed by atoms with Gasteiger partial charge in [0.25, 0.3) is 5.91 Å². The lowest BCUT2D eigenvalue weighted by Gasteiger charge is -2.44. The number of aryl methyl sites for hydroxylation is 1. The molecule has 0 radical (unpaired) electrons. The van der Waals surface area contributed by atoms with Crippen LogP contribution in [0.4, 0.5) is 41.4 Å². The molecule has 0 spiro atoms. The molecule has 0 bridgehead atoms. The van der Waals surface area contributed by atoms with E-state index in [4.69, 9.17) is 22.2 Å². The van der Waals surface area contributed by atoms with Gasteiger partial charge in [0.2, 0.25) is 11.8 Å². The summed E-state index contributed by atoms with van der Waals surface area (Å²) in [6.07, 6.45) is 2.50. The lowest BCUT2D eigenvalue weighted by atomic mass is 9.89. The van der Waals surface area contributed by atoms with Gasteiger partial charge in [0.05, 0.1) is 41.7 Å². The van der Waals surface area contributed by atoms with Crippen molar-refractivity contribution in [2.24, 2.45) is 7.05 Å². The van der Waals surface area contributed by atoms with Crippen molar-refractivity contribution in [2.75, 3.05) is 54.4 Å². The number of hydrogen-bond acceptors (Lipinski definition) is 10. The zero-order valence-corrected chi connectivity index (χ0v) is 37.7. The van der Waals surface area contributed by atoms with Crippen molar-refractivity contribution < 1.29 is 43.3 Å². The number of nitrogens with one attached hydrogen (secondary N) is 2. The van der Waals surface area contributed by atoms with Crippen molar-refractivity contribution in [2.45, 2.75) is 94.5 Å². The van der Waals surface area contributed by atoms with E-state index in [9.17, 15) is 38.6 Å². The first-order chi connectivity index (χ1) is 28.9. The number of piperazine rings is 1. The maximum absolute atomic E-state index is 13.9. The standard InChI is InChI=1S/C40H49F5N10O5S2.ClH/c1-24-21-51(22-25(2)53(24)23-34(57)47-31-8-6-7-30-35(31)50(5)49-36(30)52-16-15-33(56)48-38(52)59)17-18-60-29-13-11-27(12-14-29)55-39(61)54(37(58)40(55,3)4)28-10-9-26(20-46)32(19-28)62(41,42,43,44)45;/h6-10,19,24-25,27,29H,11-18,21-23H2,1-5H3,(H,47,57)(H,48,56,59);1H/t24-,25+,27?,29?;. The van der Waals surface area contributed by atoms with Crippen molar-refractivity contribution in [3.8, 4) is 6.07 Å². The predicted molar refractivity (Wildman–Crippen MR) is 235 cm³/mol. The minimum absolute atomic E-state index is 0. The number of para-hydroxylation sites is 1. The van der Waals surface area contributed by atoms with Crippen LogP contribution in [0, 0.1) is 11.3 Å². The maximum atomic E-state index is 13.9. The molecule has 4 fully saturated rings. The summed E-state index contributed by atoms with van der Waals surface area (Å²) in [5, 5.41) is 19.6. The third kappa shape index (κ3) is 9.59. The van der Waals surface area contributed by atoms with Gasteiger partial charge >= 0.3 is 16.3 Å². The molecule has 2 aromatic carbocycles. The van der Waals surface area contributed by atoms with E-state index in [-0.39, 0.29) is 79.1 Å². The average molecular weight is 945 g/mol. The number of ether oxygens (including phenoxy) is 1. The number of thiocarbonyl (C=S) groups is 1. The smallest absolute Gasteiger partial charge is 0.329 e. The fourth-order valence-corrected chi connectivity index (χ4v) is 10.7. The number of anilines is 3. The Morgan fingerprint density at radius 3 is 2.33 bits per heavy atom. The van der Waals surface area contributed by atoms with Crippen LogP contribution in [-0.2, 0) is 26.2 Å². The van der Waals surface area contributed by atoms with Crippen LogP contribution in [-0.4, -0.2) is 122 Å². The number of nitrogens with zero attached hydrogens (tertiary/aromatic N) is 8. The quantitative estimate of drug-likeness (QED) is 0.150. The summed E-state index contributed by atoms with van der Waals surface area (Å²) in [6, 6.07) is 7.66. The minimum Gasteiger partial charge on any atom is -0.377 e. The highest BCUT2D eigenvalue weighted by molar-refractivity contribution is 8.45. The summed E-state index contributed by atoms with van der Waals surface area (Å²) in [7, 11) is -8.55. The number of hydrogen-bond donors (Lipinski definition) is 2. The Morgan fingerprint density at radius 2 is 1.71 bits per heavy atom. The van der Waals surface area contributed by atoms with Gasteiger partial charge in [0, 0.05) is 63.2 Å². The van der Waals surface area contributed by atoms with E-state index in [2.05, 4.69) is 39.4 Å². The third-order valence-electron chi connectivity index (χ3n) is 12.2. The molecule has 344 valence electrons. The summed E-state index contributed by atoms with van der Waals surface area (Å²) in [5.74, 6) is -0.800. The van der Waals surface area contributed by atoms with Gasteiger partial charge in [-0.25, -0.2) is 4.79 Å². The average Bonchev–Trinajstić information content (AvgIpc) is 3.60. The molecule has 3 saturated heterocycles. The van der Waals surface area contributed by atoms with Crippen LogP contribution >= 0.6 is 34.8 Å². The van der Waals surface area contributed by atoms with Gasteiger partial charge in [-0.1, -0.05) is 25.5 Å². The van der Waals surface area contributed by atoms with Crippen LogP contribution in [0.25, 0.3) is 10.9 Å². The van der Waals surface area contributed by atoms with Crippen LogP contribution in [0.5, 0.6) is 0 Å². The zero-order valence-electron chi connectivity index (χ0n) is 35.3. The van der Waals surface area contributed by atoms with Crippen LogP contribution in [0.3, 0.4) is 0 Å². The summed E-state index contributed by atoms with van der Waals surface area (Å²) < 4.78 is 77.5. The molecular weight excluding hydrogens is 895 g/mol. The molecule has 15 nitrogen and oxygen atoms in total. The molecule has 63 heavy (non-hydrogen) atoms. The first-order valence-electron chi connectivity index (χ1n) is 20.3. The van der Waals surface area contributed by atoms with Crippen LogP contribution in [0.2, 0.25) is 0 Å². The lowest BCUT2D eigenvalue weighted by Crippen LogP contribution is -2.58. The molecule has 1 aromatic heterocycles. The Bertz CT molecular complexity index is 2380. The highest BCUT2D eigenvalue weighted by Gasteiger charge is 2.67.